The van der Waals surface area contributed by atoms with E-state index >= 15 is 0 Å². The van der Waals surface area contributed by atoms with Gasteiger partial charge in [0.1, 0.15) is 0 Å². The predicted octanol–water partition coefficient (Wildman–Crippen LogP) is -1.72. The molecule has 0 bridgehead atoms. The molecule has 0 aromatic carbocycles. The maximum Gasteiger partial charge on any atom is 0.0643 e. The SMILES string of the molecule is BB.P.P. The summed E-state index contributed by atoms with van der Waals surface area (Å²) in [4.78, 5) is 0. The summed E-state index contributed by atoms with van der Waals surface area (Å²) in [6.07, 6.45) is 0. The van der Waals surface area contributed by atoms with E-state index in [0.717, 1.165) is 0 Å². The van der Waals surface area contributed by atoms with Gasteiger partial charge in [-0.1, -0.05) is 0 Å². The van der Waals surface area contributed by atoms with E-state index in [1.165, 1.54) is 0 Å². The zero-order valence-corrected chi connectivity index (χ0v) is 6.24. The molecule has 0 aliphatic carbocycles. The summed E-state index contributed by atoms with van der Waals surface area (Å²) < 4.78 is 0. The van der Waals surface area contributed by atoms with Gasteiger partial charge >= 0.3 is 0 Å². The Morgan fingerprint density at radius 2 is 0.750 bits per heavy atom. The summed E-state index contributed by atoms with van der Waals surface area (Å²) in [5.74, 6) is 0. The molecule has 4 heteroatoms. The molecule has 0 aromatic rings. The minimum Gasteiger partial charge on any atom is -0.153 e. The predicted molar refractivity (Wildman–Crippen MR) is 39.3 cm³/mol. The fraction of sp³-hybridized carbons (Fsp3) is 0. The van der Waals surface area contributed by atoms with E-state index < -0.39 is 0 Å². The van der Waals surface area contributed by atoms with Crippen molar-refractivity contribution in [1.29, 1.82) is 0 Å². The van der Waals surface area contributed by atoms with Gasteiger partial charge in [0.05, 0.1) is 15.5 Å². The summed E-state index contributed by atoms with van der Waals surface area (Å²) >= 11 is 0. The minimum absolute atomic E-state index is 0. The van der Waals surface area contributed by atoms with Crippen molar-refractivity contribution >= 4 is 35.3 Å². The average Bonchev–Trinajstić information content (AvgIpc) is 1.00. The lowest BCUT2D eigenvalue weighted by Crippen LogP contribution is -1.38. The van der Waals surface area contributed by atoms with Crippen molar-refractivity contribution in [1.82, 2.24) is 0 Å². The Balaban J connectivity index is -0.00000000500. The Kier molecular flexibility index (Phi) is 183. The first kappa shape index (κ1) is 20.1. The fourth-order valence-corrected chi connectivity index (χ4v) is 0. The van der Waals surface area contributed by atoms with Crippen LogP contribution >= 0.6 is 19.8 Å². The van der Waals surface area contributed by atoms with Crippen LogP contribution in [0.1, 0.15) is 0 Å². The molecule has 0 saturated carbocycles. The molecular formula is H10B2P2. The van der Waals surface area contributed by atoms with Gasteiger partial charge in [-0.05, 0) is 0 Å². The van der Waals surface area contributed by atoms with Gasteiger partial charge in [-0.15, -0.1) is 0 Å². The Bertz CT molecular complexity index is 4.00. The Labute approximate surface area is 36.2 Å². The van der Waals surface area contributed by atoms with Gasteiger partial charge in [0.2, 0.25) is 0 Å². The van der Waals surface area contributed by atoms with Gasteiger partial charge < -0.3 is 0 Å². The molecule has 0 aromatic heterocycles. The lowest BCUT2D eigenvalue weighted by Gasteiger charge is -0.936. The molecule has 2 atom stereocenters. The van der Waals surface area contributed by atoms with Crippen molar-refractivity contribution < 1.29 is 0 Å². The lowest BCUT2D eigenvalue weighted by molar-refractivity contribution is 4.75. The van der Waals surface area contributed by atoms with Crippen LogP contribution in [0.15, 0.2) is 0 Å². The second kappa shape index (κ2) is 36.4. The highest BCUT2D eigenvalue weighted by Gasteiger charge is 1.06. The molecule has 0 aliphatic rings. The highest BCUT2D eigenvalue weighted by atomic mass is 31.0. The molecule has 4 heavy (non-hydrogen) atoms. The third kappa shape index (κ3) is 12.1. The number of hydrogen-bond donors (Lipinski definition) is 0. The first-order chi connectivity index (χ1) is 1.00. The summed E-state index contributed by atoms with van der Waals surface area (Å²) in [5.41, 5.74) is 0. The van der Waals surface area contributed by atoms with Crippen molar-refractivity contribution in [2.45, 2.75) is 0 Å². The van der Waals surface area contributed by atoms with Crippen molar-refractivity contribution in [2.75, 3.05) is 0 Å². The maximum absolute atomic E-state index is 2.00. The quantitative estimate of drug-likeness (QED) is 0.247. The first-order valence-corrected chi connectivity index (χ1v) is 1.00. The smallest absolute Gasteiger partial charge is 0.0643 e. The van der Waals surface area contributed by atoms with Crippen LogP contribution in [0.2, 0.25) is 0 Å². The lowest BCUT2D eigenvalue weighted by atomic mass is 9.81. The van der Waals surface area contributed by atoms with Gasteiger partial charge in [0, 0.05) is 0 Å². The van der Waals surface area contributed by atoms with Gasteiger partial charge in [0.25, 0.3) is 0 Å². The number of rotatable bonds is 0. The summed E-state index contributed by atoms with van der Waals surface area (Å²) in [6.45, 7) is 0. The third-order valence-corrected chi connectivity index (χ3v) is 0. The molecule has 0 amide bonds. The second-order valence-corrected chi connectivity index (χ2v) is 0. The Morgan fingerprint density at radius 1 is 0.750 bits per heavy atom. The van der Waals surface area contributed by atoms with E-state index in [9.17, 15) is 0 Å². The van der Waals surface area contributed by atoms with E-state index in [2.05, 4.69) is 0 Å². The van der Waals surface area contributed by atoms with E-state index in [1.54, 1.807) is 0 Å². The Hall–Kier alpha value is 0.990. The summed E-state index contributed by atoms with van der Waals surface area (Å²) in [6, 6.07) is 0. The van der Waals surface area contributed by atoms with Crippen LogP contribution in [0.3, 0.4) is 0 Å². The summed E-state index contributed by atoms with van der Waals surface area (Å²) in [5, 5.41) is 0. The molecule has 0 rings (SSSR count). The zero-order valence-electron chi connectivity index (χ0n) is 3.41. The van der Waals surface area contributed by atoms with Crippen molar-refractivity contribution in [2.24, 2.45) is 0 Å². The third-order valence-electron chi connectivity index (χ3n) is 0. The monoisotopic (exact) mass is 94.0 g/mol. The molecule has 26 valence electrons. The van der Waals surface area contributed by atoms with Gasteiger partial charge in [-0.3, -0.25) is 0 Å². The highest BCUT2D eigenvalue weighted by Crippen LogP contribution is 0.862. The van der Waals surface area contributed by atoms with Gasteiger partial charge in [-0.25, -0.2) is 0 Å². The molecule has 0 radical (unpaired) electrons. The van der Waals surface area contributed by atoms with E-state index in [4.69, 9.17) is 0 Å². The standard InChI is InChI=1S/B2H4.2H3P/c1-2;;/h1-2H2;2*1H3. The van der Waals surface area contributed by atoms with Crippen LogP contribution in [0.25, 0.3) is 0 Å². The van der Waals surface area contributed by atoms with Gasteiger partial charge in [0.15, 0.2) is 0 Å². The van der Waals surface area contributed by atoms with Crippen LogP contribution in [0, 0.1) is 0 Å². The second-order valence-electron chi connectivity index (χ2n) is 0. The molecule has 2 unspecified atom stereocenters. The fourth-order valence-electron chi connectivity index (χ4n) is 0. The molecule has 0 nitrogen and oxygen atoms in total. The van der Waals surface area contributed by atoms with Crippen molar-refractivity contribution in [3.05, 3.63) is 0 Å². The van der Waals surface area contributed by atoms with Crippen LogP contribution in [0.5, 0.6) is 0 Å². The topological polar surface area (TPSA) is 0 Å². The first-order valence-electron chi connectivity index (χ1n) is 1.00. The molecule has 0 aliphatic heterocycles. The van der Waals surface area contributed by atoms with Crippen LogP contribution < -0.4 is 0 Å². The van der Waals surface area contributed by atoms with Crippen LogP contribution in [0.4, 0.5) is 0 Å². The Morgan fingerprint density at radius 3 is 0.750 bits per heavy atom. The van der Waals surface area contributed by atoms with Crippen LogP contribution in [-0.2, 0) is 0 Å². The normalized spacial score (nSPS) is 1.00. The molecule has 0 fully saturated rings. The van der Waals surface area contributed by atoms with E-state index in [0.29, 0.717) is 0 Å². The van der Waals surface area contributed by atoms with Crippen LogP contribution in [-0.4, -0.2) is 15.5 Å². The largest absolute Gasteiger partial charge is 0.153 e. The number of hydrogen-bond acceptors (Lipinski definition) is 0. The molecule has 0 spiro atoms. The molecule has 0 N–H and O–H groups in total. The van der Waals surface area contributed by atoms with Crippen molar-refractivity contribution in [3.8, 4) is 0 Å². The summed E-state index contributed by atoms with van der Waals surface area (Å²) in [7, 11) is 4.00. The minimum atomic E-state index is 0. The van der Waals surface area contributed by atoms with Crippen molar-refractivity contribution in [3.63, 3.8) is 0 Å². The van der Waals surface area contributed by atoms with Gasteiger partial charge in [-0.2, -0.15) is 19.8 Å². The van der Waals surface area contributed by atoms with E-state index in [-0.39, 0.29) is 19.8 Å². The molecule has 0 saturated heterocycles. The highest BCUT2D eigenvalue weighted by molar-refractivity contribution is 6.92. The zero-order chi connectivity index (χ0) is 2.00. The molecule has 0 heterocycles. The van der Waals surface area contributed by atoms with E-state index in [1.807, 2.05) is 15.5 Å². The maximum atomic E-state index is 2.00. The molecular weight excluding hydrogens is 83.6 g/mol. The average molecular weight is 93.7 g/mol.